The average molecular weight is 327 g/mol. The normalized spacial score (nSPS) is 28.2. The van der Waals surface area contributed by atoms with Crippen molar-refractivity contribution >= 4 is 11.8 Å². The maximum Gasteiger partial charge on any atom is 0.226 e. The van der Waals surface area contributed by atoms with Crippen molar-refractivity contribution in [3.63, 3.8) is 0 Å². The van der Waals surface area contributed by atoms with E-state index in [4.69, 9.17) is 0 Å². The number of aromatic nitrogens is 1. The van der Waals surface area contributed by atoms with Crippen LogP contribution in [0, 0.1) is 17.3 Å². The number of pyridine rings is 1. The van der Waals surface area contributed by atoms with E-state index in [1.165, 1.54) is 12.8 Å². The molecule has 5 heteroatoms. The summed E-state index contributed by atoms with van der Waals surface area (Å²) in [5, 5.41) is 0. The third kappa shape index (κ3) is 3.04. The van der Waals surface area contributed by atoms with Crippen LogP contribution in [0.1, 0.15) is 37.8 Å². The fourth-order valence-corrected chi connectivity index (χ4v) is 4.03. The monoisotopic (exact) mass is 327 g/mol. The highest BCUT2D eigenvalue weighted by Crippen LogP contribution is 2.59. The van der Waals surface area contributed by atoms with E-state index in [-0.39, 0.29) is 17.2 Å². The van der Waals surface area contributed by atoms with Gasteiger partial charge in [-0.05, 0) is 43.7 Å². The molecule has 2 saturated carbocycles. The number of hydrogen-bond donors (Lipinski definition) is 0. The van der Waals surface area contributed by atoms with Gasteiger partial charge in [-0.3, -0.25) is 14.6 Å². The fourth-order valence-electron chi connectivity index (χ4n) is 4.03. The van der Waals surface area contributed by atoms with E-state index < -0.39 is 0 Å². The molecule has 24 heavy (non-hydrogen) atoms. The number of carbonyl (C=O) groups excluding carboxylic acids is 2. The van der Waals surface area contributed by atoms with Crippen molar-refractivity contribution in [2.45, 2.75) is 38.6 Å². The van der Waals surface area contributed by atoms with E-state index in [1.54, 1.807) is 11.1 Å². The first kappa shape index (κ1) is 15.6. The van der Waals surface area contributed by atoms with Gasteiger partial charge in [-0.1, -0.05) is 6.07 Å². The SMILES string of the molecule is CN(Cc1ccccn1)C(=O)[C@H]1C[C@@]12CCN(C(=O)CC1CC1)C2. The zero-order chi connectivity index (χ0) is 16.7. The fraction of sp³-hybridized carbons (Fsp3) is 0.632. The van der Waals surface area contributed by atoms with Gasteiger partial charge in [0.2, 0.25) is 11.8 Å². The van der Waals surface area contributed by atoms with Crippen LogP contribution < -0.4 is 0 Å². The van der Waals surface area contributed by atoms with Gasteiger partial charge in [0.05, 0.1) is 12.2 Å². The second-order valence-electron chi connectivity index (χ2n) is 7.85. The molecule has 2 atom stereocenters. The van der Waals surface area contributed by atoms with Crippen LogP contribution in [-0.2, 0) is 16.1 Å². The van der Waals surface area contributed by atoms with Gasteiger partial charge in [0, 0.05) is 44.1 Å². The van der Waals surface area contributed by atoms with Gasteiger partial charge in [0.15, 0.2) is 0 Å². The molecular formula is C19H25N3O2. The summed E-state index contributed by atoms with van der Waals surface area (Å²) in [7, 11) is 1.86. The zero-order valence-electron chi connectivity index (χ0n) is 14.3. The average Bonchev–Trinajstić information content (AvgIpc) is 3.46. The molecule has 128 valence electrons. The topological polar surface area (TPSA) is 53.5 Å². The molecule has 3 aliphatic rings. The van der Waals surface area contributed by atoms with Gasteiger partial charge in [-0.15, -0.1) is 0 Å². The molecule has 4 rings (SSSR count). The molecule has 5 nitrogen and oxygen atoms in total. The number of amides is 2. The molecule has 3 fully saturated rings. The maximum atomic E-state index is 12.7. The summed E-state index contributed by atoms with van der Waals surface area (Å²) >= 11 is 0. The number of rotatable bonds is 5. The lowest BCUT2D eigenvalue weighted by Crippen LogP contribution is -2.32. The molecule has 0 radical (unpaired) electrons. The van der Waals surface area contributed by atoms with E-state index in [9.17, 15) is 9.59 Å². The molecule has 0 aromatic carbocycles. The molecule has 0 N–H and O–H groups in total. The molecule has 1 aromatic heterocycles. The lowest BCUT2D eigenvalue weighted by molar-refractivity contribution is -0.133. The standard InChI is InChI=1S/C19H25N3O2/c1-21(12-15-4-2-3-8-20-15)18(24)16-11-19(16)7-9-22(13-19)17(23)10-14-5-6-14/h2-4,8,14,16H,5-7,9-13H2,1H3/t16-,19-/m1/s1. The van der Waals surface area contributed by atoms with Crippen LogP contribution in [0.3, 0.4) is 0 Å². The van der Waals surface area contributed by atoms with Crippen molar-refractivity contribution in [3.05, 3.63) is 30.1 Å². The highest BCUT2D eigenvalue weighted by molar-refractivity contribution is 5.83. The minimum atomic E-state index is 0.0642. The Morgan fingerprint density at radius 2 is 2.21 bits per heavy atom. The van der Waals surface area contributed by atoms with Crippen LogP contribution in [0.15, 0.2) is 24.4 Å². The minimum Gasteiger partial charge on any atom is -0.342 e. The van der Waals surface area contributed by atoms with Crippen LogP contribution in [-0.4, -0.2) is 46.7 Å². The molecular weight excluding hydrogens is 302 g/mol. The van der Waals surface area contributed by atoms with Gasteiger partial charge in [0.25, 0.3) is 0 Å². The summed E-state index contributed by atoms with van der Waals surface area (Å²) in [6.45, 7) is 2.17. The number of likely N-dealkylation sites (tertiary alicyclic amines) is 1. The summed E-state index contributed by atoms with van der Waals surface area (Å²) in [6, 6.07) is 5.77. The molecule has 2 aliphatic carbocycles. The summed E-state index contributed by atoms with van der Waals surface area (Å²) in [5.41, 5.74) is 0.977. The van der Waals surface area contributed by atoms with Crippen molar-refractivity contribution in [1.29, 1.82) is 0 Å². The smallest absolute Gasteiger partial charge is 0.226 e. The van der Waals surface area contributed by atoms with Crippen LogP contribution in [0.5, 0.6) is 0 Å². The first-order chi connectivity index (χ1) is 11.6. The predicted octanol–water partition coefficient (Wildman–Crippen LogP) is 2.08. The third-order valence-electron chi connectivity index (χ3n) is 5.89. The first-order valence-corrected chi connectivity index (χ1v) is 9.00. The maximum absolute atomic E-state index is 12.7. The Balaban J connectivity index is 1.32. The Kier molecular flexibility index (Phi) is 3.82. The van der Waals surface area contributed by atoms with E-state index in [0.29, 0.717) is 24.8 Å². The Morgan fingerprint density at radius 3 is 2.92 bits per heavy atom. The number of nitrogens with zero attached hydrogens (tertiary/aromatic N) is 3. The van der Waals surface area contributed by atoms with Crippen LogP contribution in [0.4, 0.5) is 0 Å². The van der Waals surface area contributed by atoms with Crippen LogP contribution in [0.2, 0.25) is 0 Å². The third-order valence-corrected chi connectivity index (χ3v) is 5.89. The molecule has 1 aromatic rings. The van der Waals surface area contributed by atoms with Crippen molar-refractivity contribution in [2.24, 2.45) is 17.3 Å². The summed E-state index contributed by atoms with van der Waals surface area (Å²) in [4.78, 5) is 33.1. The van der Waals surface area contributed by atoms with Crippen molar-refractivity contribution in [2.75, 3.05) is 20.1 Å². The van der Waals surface area contributed by atoms with Crippen LogP contribution in [0.25, 0.3) is 0 Å². The highest BCUT2D eigenvalue weighted by Gasteiger charge is 2.61. The Labute approximate surface area is 143 Å². The van der Waals surface area contributed by atoms with Gasteiger partial charge < -0.3 is 9.80 Å². The molecule has 2 heterocycles. The molecule has 1 spiro atoms. The van der Waals surface area contributed by atoms with Crippen LogP contribution >= 0.6 is 0 Å². The lowest BCUT2D eigenvalue weighted by atomic mass is 10.0. The van der Waals surface area contributed by atoms with Gasteiger partial charge in [-0.25, -0.2) is 0 Å². The largest absolute Gasteiger partial charge is 0.342 e. The minimum absolute atomic E-state index is 0.0642. The first-order valence-electron chi connectivity index (χ1n) is 9.00. The molecule has 1 aliphatic heterocycles. The second kappa shape index (κ2) is 5.87. The van der Waals surface area contributed by atoms with Crippen molar-refractivity contribution in [1.82, 2.24) is 14.8 Å². The Morgan fingerprint density at radius 1 is 1.38 bits per heavy atom. The van der Waals surface area contributed by atoms with E-state index in [1.807, 2.05) is 30.1 Å². The highest BCUT2D eigenvalue weighted by atomic mass is 16.2. The molecule has 1 saturated heterocycles. The quantitative estimate of drug-likeness (QED) is 0.832. The van der Waals surface area contributed by atoms with E-state index in [0.717, 1.165) is 31.6 Å². The van der Waals surface area contributed by atoms with E-state index in [2.05, 4.69) is 4.98 Å². The lowest BCUT2D eigenvalue weighted by Gasteiger charge is -2.19. The summed E-state index contributed by atoms with van der Waals surface area (Å²) < 4.78 is 0. The van der Waals surface area contributed by atoms with Crippen molar-refractivity contribution < 1.29 is 9.59 Å². The zero-order valence-corrected chi connectivity index (χ0v) is 14.3. The Bertz CT molecular complexity index is 643. The summed E-state index contributed by atoms with van der Waals surface area (Å²) in [5.74, 6) is 1.23. The number of hydrogen-bond acceptors (Lipinski definition) is 3. The van der Waals surface area contributed by atoms with Gasteiger partial charge >= 0.3 is 0 Å². The molecule has 0 unspecified atom stereocenters. The molecule has 0 bridgehead atoms. The summed E-state index contributed by atoms with van der Waals surface area (Å²) in [6.07, 6.45) is 6.82. The predicted molar refractivity (Wildman–Crippen MR) is 89.8 cm³/mol. The van der Waals surface area contributed by atoms with Crippen molar-refractivity contribution in [3.8, 4) is 0 Å². The van der Waals surface area contributed by atoms with E-state index >= 15 is 0 Å². The Hall–Kier alpha value is -1.91. The van der Waals surface area contributed by atoms with Gasteiger partial charge in [-0.2, -0.15) is 0 Å². The molecule has 2 amide bonds. The number of carbonyl (C=O) groups is 2. The second-order valence-corrected chi connectivity index (χ2v) is 7.85. The van der Waals surface area contributed by atoms with Gasteiger partial charge in [0.1, 0.15) is 0 Å².